The molecular weight excluding hydrogens is 194 g/mol. The number of rotatable bonds is 6. The molecule has 1 rings (SSSR count). The molecule has 0 saturated heterocycles. The summed E-state index contributed by atoms with van der Waals surface area (Å²) in [6.07, 6.45) is 1.69. The second-order valence-corrected chi connectivity index (χ2v) is 4.04. The van der Waals surface area contributed by atoms with Crippen LogP contribution in [0.15, 0.2) is 4.63 Å². The monoisotopic (exact) mass is 213 g/mol. The molecule has 0 saturated carbocycles. The SMILES string of the molecule is CCC(C)(CCO)NCc1nonc1C. The molecule has 1 aromatic rings. The first kappa shape index (κ1) is 12.1. The summed E-state index contributed by atoms with van der Waals surface area (Å²) < 4.78 is 4.61. The zero-order valence-electron chi connectivity index (χ0n) is 9.58. The lowest BCUT2D eigenvalue weighted by Gasteiger charge is -2.28. The standard InChI is InChI=1S/C10H19N3O2/c1-4-10(3,5-6-14)11-7-9-8(2)12-15-13-9/h11,14H,4-7H2,1-3H3. The number of hydrogen-bond donors (Lipinski definition) is 2. The zero-order valence-corrected chi connectivity index (χ0v) is 9.58. The van der Waals surface area contributed by atoms with E-state index in [9.17, 15) is 0 Å². The second-order valence-electron chi connectivity index (χ2n) is 4.04. The van der Waals surface area contributed by atoms with Crippen LogP contribution in [0.1, 0.15) is 38.1 Å². The molecule has 1 unspecified atom stereocenters. The highest BCUT2D eigenvalue weighted by molar-refractivity contribution is 5.04. The molecule has 86 valence electrons. The normalized spacial score (nSPS) is 15.2. The van der Waals surface area contributed by atoms with Gasteiger partial charge in [-0.05, 0) is 26.7 Å². The van der Waals surface area contributed by atoms with E-state index in [1.807, 2.05) is 6.92 Å². The third-order valence-corrected chi connectivity index (χ3v) is 2.87. The smallest absolute Gasteiger partial charge is 0.121 e. The number of nitrogens with one attached hydrogen (secondary N) is 1. The minimum Gasteiger partial charge on any atom is -0.396 e. The predicted molar refractivity (Wildman–Crippen MR) is 56.3 cm³/mol. The average Bonchev–Trinajstić information content (AvgIpc) is 2.62. The quantitative estimate of drug-likeness (QED) is 0.738. The Balaban J connectivity index is 2.51. The molecule has 15 heavy (non-hydrogen) atoms. The molecule has 5 nitrogen and oxygen atoms in total. The van der Waals surface area contributed by atoms with Crippen LogP contribution in [0, 0.1) is 6.92 Å². The van der Waals surface area contributed by atoms with Crippen molar-refractivity contribution in [1.82, 2.24) is 15.6 Å². The van der Waals surface area contributed by atoms with Gasteiger partial charge >= 0.3 is 0 Å². The molecular formula is C10H19N3O2. The summed E-state index contributed by atoms with van der Waals surface area (Å²) in [6.45, 7) is 6.86. The van der Waals surface area contributed by atoms with Crippen molar-refractivity contribution in [2.24, 2.45) is 0 Å². The molecule has 0 radical (unpaired) electrons. The van der Waals surface area contributed by atoms with Crippen LogP contribution in [0.2, 0.25) is 0 Å². The summed E-state index contributed by atoms with van der Waals surface area (Å²) in [4.78, 5) is 0. The second kappa shape index (κ2) is 5.23. The molecule has 2 N–H and O–H groups in total. The molecule has 0 bridgehead atoms. The highest BCUT2D eigenvalue weighted by Gasteiger charge is 2.21. The van der Waals surface area contributed by atoms with Gasteiger partial charge in [0.15, 0.2) is 0 Å². The average molecular weight is 213 g/mol. The number of nitrogens with zero attached hydrogens (tertiary/aromatic N) is 2. The van der Waals surface area contributed by atoms with E-state index in [4.69, 9.17) is 5.11 Å². The minimum absolute atomic E-state index is 0.0554. The van der Waals surface area contributed by atoms with Crippen molar-refractivity contribution in [3.05, 3.63) is 11.4 Å². The number of aliphatic hydroxyl groups excluding tert-OH is 1. The number of aliphatic hydroxyl groups is 1. The Morgan fingerprint density at radius 3 is 2.67 bits per heavy atom. The van der Waals surface area contributed by atoms with Crippen molar-refractivity contribution in [1.29, 1.82) is 0 Å². The van der Waals surface area contributed by atoms with Crippen LogP contribution in [0.4, 0.5) is 0 Å². The van der Waals surface area contributed by atoms with Crippen LogP contribution in [0.3, 0.4) is 0 Å². The molecule has 0 aliphatic heterocycles. The number of hydrogen-bond acceptors (Lipinski definition) is 5. The Morgan fingerprint density at radius 2 is 2.20 bits per heavy atom. The molecule has 0 aromatic carbocycles. The number of aromatic nitrogens is 2. The van der Waals surface area contributed by atoms with Gasteiger partial charge in [0.05, 0.1) is 0 Å². The molecule has 0 spiro atoms. The van der Waals surface area contributed by atoms with Crippen LogP contribution in [-0.4, -0.2) is 27.6 Å². The van der Waals surface area contributed by atoms with Gasteiger partial charge in [-0.2, -0.15) is 0 Å². The fourth-order valence-electron chi connectivity index (χ4n) is 1.34. The maximum absolute atomic E-state index is 8.96. The van der Waals surface area contributed by atoms with Gasteiger partial charge in [-0.1, -0.05) is 17.2 Å². The van der Waals surface area contributed by atoms with Gasteiger partial charge in [-0.3, -0.25) is 0 Å². The summed E-state index contributed by atoms with van der Waals surface area (Å²) in [5, 5.41) is 19.8. The third-order valence-electron chi connectivity index (χ3n) is 2.87. The minimum atomic E-state index is -0.0554. The number of aryl methyl sites for hydroxylation is 1. The Labute approximate surface area is 89.8 Å². The Morgan fingerprint density at radius 1 is 1.47 bits per heavy atom. The van der Waals surface area contributed by atoms with Crippen molar-refractivity contribution in [2.45, 2.75) is 45.7 Å². The van der Waals surface area contributed by atoms with Gasteiger partial charge in [-0.15, -0.1) is 0 Å². The fraction of sp³-hybridized carbons (Fsp3) is 0.800. The van der Waals surface area contributed by atoms with Crippen molar-refractivity contribution in [3.63, 3.8) is 0 Å². The van der Waals surface area contributed by atoms with E-state index in [1.165, 1.54) is 0 Å². The van der Waals surface area contributed by atoms with E-state index in [2.05, 4.69) is 34.1 Å². The summed E-state index contributed by atoms with van der Waals surface area (Å²) in [5.41, 5.74) is 1.58. The van der Waals surface area contributed by atoms with Gasteiger partial charge in [0.25, 0.3) is 0 Å². The molecule has 0 fully saturated rings. The summed E-state index contributed by atoms with van der Waals surface area (Å²) in [6, 6.07) is 0. The maximum atomic E-state index is 8.96. The first-order valence-corrected chi connectivity index (χ1v) is 5.25. The molecule has 0 aliphatic carbocycles. The summed E-state index contributed by atoms with van der Waals surface area (Å²) in [5.74, 6) is 0. The maximum Gasteiger partial charge on any atom is 0.121 e. The molecule has 0 amide bonds. The van der Waals surface area contributed by atoms with E-state index in [0.29, 0.717) is 6.54 Å². The predicted octanol–water partition coefficient (Wildman–Crippen LogP) is 1.02. The van der Waals surface area contributed by atoms with Crippen LogP contribution in [0.5, 0.6) is 0 Å². The highest BCUT2D eigenvalue weighted by atomic mass is 16.6. The third kappa shape index (κ3) is 3.28. The van der Waals surface area contributed by atoms with E-state index >= 15 is 0 Å². The highest BCUT2D eigenvalue weighted by Crippen LogP contribution is 2.14. The fourth-order valence-corrected chi connectivity index (χ4v) is 1.34. The van der Waals surface area contributed by atoms with E-state index in [1.54, 1.807) is 0 Å². The lowest BCUT2D eigenvalue weighted by molar-refractivity contribution is 0.213. The van der Waals surface area contributed by atoms with E-state index in [-0.39, 0.29) is 12.1 Å². The van der Waals surface area contributed by atoms with Gasteiger partial charge in [0.2, 0.25) is 0 Å². The van der Waals surface area contributed by atoms with Crippen molar-refractivity contribution < 1.29 is 9.74 Å². The van der Waals surface area contributed by atoms with Gasteiger partial charge in [0, 0.05) is 18.7 Å². The Hall–Kier alpha value is -0.940. The lowest BCUT2D eigenvalue weighted by Crippen LogP contribution is -2.42. The Bertz CT molecular complexity index is 301. The van der Waals surface area contributed by atoms with Crippen molar-refractivity contribution in [3.8, 4) is 0 Å². The largest absolute Gasteiger partial charge is 0.396 e. The molecule has 5 heteroatoms. The first-order chi connectivity index (χ1) is 7.11. The topological polar surface area (TPSA) is 71.2 Å². The van der Waals surface area contributed by atoms with Gasteiger partial charge in [-0.25, -0.2) is 4.63 Å². The summed E-state index contributed by atoms with van der Waals surface area (Å²) in [7, 11) is 0. The van der Waals surface area contributed by atoms with Crippen LogP contribution >= 0.6 is 0 Å². The van der Waals surface area contributed by atoms with Crippen molar-refractivity contribution in [2.75, 3.05) is 6.61 Å². The van der Waals surface area contributed by atoms with Gasteiger partial charge < -0.3 is 10.4 Å². The van der Waals surface area contributed by atoms with Gasteiger partial charge in [0.1, 0.15) is 11.4 Å². The Kier molecular flexibility index (Phi) is 4.23. The van der Waals surface area contributed by atoms with Crippen LogP contribution < -0.4 is 5.32 Å². The molecule has 0 aliphatic rings. The zero-order chi connectivity index (χ0) is 11.3. The first-order valence-electron chi connectivity index (χ1n) is 5.25. The molecule has 1 atom stereocenters. The van der Waals surface area contributed by atoms with E-state index < -0.39 is 0 Å². The van der Waals surface area contributed by atoms with Crippen LogP contribution in [0.25, 0.3) is 0 Å². The lowest BCUT2D eigenvalue weighted by atomic mass is 9.95. The van der Waals surface area contributed by atoms with E-state index in [0.717, 1.165) is 24.2 Å². The van der Waals surface area contributed by atoms with Crippen LogP contribution in [-0.2, 0) is 6.54 Å². The van der Waals surface area contributed by atoms with Crippen molar-refractivity contribution >= 4 is 0 Å². The summed E-state index contributed by atoms with van der Waals surface area (Å²) >= 11 is 0. The molecule has 1 heterocycles. The molecule has 1 aromatic heterocycles.